The van der Waals surface area contributed by atoms with Crippen LogP contribution in [0.4, 0.5) is 0 Å². The molecular weight excluding hydrogens is 653 g/mol. The molecule has 2 amide bonds. The number of halogens is 1. The molecule has 0 aromatic heterocycles. The molecule has 0 aliphatic carbocycles. The molecule has 4 rings (SSSR count). The second-order valence-corrected chi connectivity index (χ2v) is 10.2. The molecule has 4 atom stereocenters. The van der Waals surface area contributed by atoms with Crippen LogP contribution in [0.1, 0.15) is 56.3 Å². The summed E-state index contributed by atoms with van der Waals surface area (Å²) in [6.45, 7) is 12.5. The number of aliphatic hydroxyl groups excluding tert-OH is 1. The van der Waals surface area contributed by atoms with Gasteiger partial charge in [-0.2, -0.15) is 0 Å². The minimum Gasteiger partial charge on any atom is -1.00 e. The second kappa shape index (κ2) is 24.8. The van der Waals surface area contributed by atoms with Crippen molar-refractivity contribution in [1.82, 2.24) is 9.80 Å². The molecule has 0 radical (unpaired) electrons. The van der Waals surface area contributed by atoms with Crippen molar-refractivity contribution in [2.75, 3.05) is 47.6 Å². The topological polar surface area (TPSA) is 113 Å². The number of likely N-dealkylation sites (tertiary alicyclic amines) is 2. The Labute approximate surface area is 295 Å². The summed E-state index contributed by atoms with van der Waals surface area (Å²) in [4.78, 5) is 51.5. The largest absolute Gasteiger partial charge is 2.00 e. The van der Waals surface area contributed by atoms with Crippen LogP contribution in [0.15, 0.2) is 67.2 Å². The van der Waals surface area contributed by atoms with Crippen molar-refractivity contribution in [2.24, 2.45) is 11.8 Å². The van der Waals surface area contributed by atoms with E-state index >= 15 is 0 Å². The molecule has 2 aliphatic rings. The molecule has 2 saturated heterocycles. The molecule has 2 fully saturated rings. The van der Waals surface area contributed by atoms with E-state index in [1.54, 1.807) is 12.0 Å². The summed E-state index contributed by atoms with van der Waals surface area (Å²) in [5.74, 6) is -0.146. The van der Waals surface area contributed by atoms with Gasteiger partial charge in [-0.1, -0.05) is 60.7 Å². The first-order valence-electron chi connectivity index (χ1n) is 14.3. The van der Waals surface area contributed by atoms with Gasteiger partial charge in [-0.25, -0.2) is 0 Å². The van der Waals surface area contributed by atoms with Gasteiger partial charge in [-0.05, 0) is 25.0 Å². The van der Waals surface area contributed by atoms with Crippen molar-refractivity contribution in [1.29, 1.82) is 0 Å². The first kappa shape index (κ1) is 44.7. The number of hydrogen-bond acceptors (Lipinski definition) is 7. The monoisotopic (exact) mass is 698 g/mol. The molecule has 2 aromatic carbocycles. The van der Waals surface area contributed by atoms with Crippen LogP contribution in [0.2, 0.25) is 0 Å². The van der Waals surface area contributed by atoms with Crippen molar-refractivity contribution in [2.45, 2.75) is 45.2 Å². The summed E-state index contributed by atoms with van der Waals surface area (Å²) in [6, 6.07) is 19.8. The second-order valence-electron chi connectivity index (χ2n) is 10.2. The van der Waals surface area contributed by atoms with E-state index in [0.717, 1.165) is 18.2 Å². The number of hydrogen-bond donors (Lipinski definition) is 1. The fraction of sp³-hybridized carbons (Fsp3) is 0.471. The van der Waals surface area contributed by atoms with Crippen LogP contribution >= 0.6 is 0 Å². The number of aliphatic hydroxyl groups is 1. The molecule has 11 heteroatoms. The zero-order valence-electron chi connectivity index (χ0n) is 27.2. The molecule has 2 aliphatic heterocycles. The average Bonchev–Trinajstić information content (AvgIpc) is 3.65. The van der Waals surface area contributed by atoms with Crippen molar-refractivity contribution in [3.05, 3.63) is 84.9 Å². The van der Waals surface area contributed by atoms with Crippen molar-refractivity contribution in [3.8, 4) is 0 Å². The average molecular weight is 700 g/mol. The molecular formula is C34H47BrMgN2O7. The van der Waals surface area contributed by atoms with Gasteiger partial charge in [-0.15, -0.1) is 0 Å². The quantitative estimate of drug-likeness (QED) is 0.274. The van der Waals surface area contributed by atoms with Gasteiger partial charge in [0.2, 0.25) is 11.8 Å². The number of Topliss-reactive ketones (excluding diaryl/α,β-unsaturated/α-hetero) is 2. The number of carbonyl (C=O) groups is 4. The summed E-state index contributed by atoms with van der Waals surface area (Å²) in [7, 11) is 4.08. The summed E-state index contributed by atoms with van der Waals surface area (Å²) >= 11 is 0. The van der Waals surface area contributed by atoms with Gasteiger partial charge in [0, 0.05) is 65.5 Å². The third kappa shape index (κ3) is 13.9. The predicted molar refractivity (Wildman–Crippen MR) is 172 cm³/mol. The standard InChI is InChI=1S/C16H21NO3.C15H19NO3.C2H3.CH4O.BrH.Mg/c1-12(13-6-4-3-5-7-13)17-11-14(10-16(17)19)15(18)8-9-20-2;1-11(12-6-4-3-5-7-12)16-9-13(8-15(16)18)14(17)10-19-2;2*1-2;;/h3-7,12,14H,8-11H2,1-2H3;3-7,11,13H,8-10H2,1-2H3;1H,2H2;2H,1H3;1H;/q;;-1;;;+2/p-1/t12-,14-;11-,13-;;;;/m11..../s1. The van der Waals surface area contributed by atoms with E-state index in [1.165, 1.54) is 7.11 Å². The van der Waals surface area contributed by atoms with Crippen LogP contribution in [0.25, 0.3) is 0 Å². The number of carbonyl (C=O) groups excluding carboxylic acids is 4. The van der Waals surface area contributed by atoms with E-state index in [-0.39, 0.29) is 93.9 Å². The fourth-order valence-corrected chi connectivity index (χ4v) is 5.13. The van der Waals surface area contributed by atoms with E-state index < -0.39 is 0 Å². The summed E-state index contributed by atoms with van der Waals surface area (Å²) in [5, 5.41) is 7.00. The molecule has 9 nitrogen and oxygen atoms in total. The van der Waals surface area contributed by atoms with Crippen molar-refractivity contribution < 1.29 is 50.7 Å². The summed E-state index contributed by atoms with van der Waals surface area (Å²) in [6.07, 6.45) is 1.03. The van der Waals surface area contributed by atoms with Gasteiger partial charge in [-0.3, -0.25) is 25.8 Å². The molecule has 0 bridgehead atoms. The van der Waals surface area contributed by atoms with Gasteiger partial charge >= 0.3 is 23.1 Å². The molecule has 0 saturated carbocycles. The Morgan fingerprint density at radius 1 is 0.800 bits per heavy atom. The number of ether oxygens (including phenoxy) is 2. The number of ketones is 2. The van der Waals surface area contributed by atoms with Crippen molar-refractivity contribution in [3.63, 3.8) is 0 Å². The third-order valence-electron chi connectivity index (χ3n) is 7.57. The Bertz CT molecular complexity index is 1140. The summed E-state index contributed by atoms with van der Waals surface area (Å²) < 4.78 is 9.78. The van der Waals surface area contributed by atoms with E-state index in [0.29, 0.717) is 39.0 Å². The summed E-state index contributed by atoms with van der Waals surface area (Å²) in [5.41, 5.74) is 2.20. The Hall–Kier alpha value is -2.41. The van der Waals surface area contributed by atoms with Crippen LogP contribution in [-0.4, -0.2) is 109 Å². The smallest absolute Gasteiger partial charge is 1.00 e. The fourth-order valence-electron chi connectivity index (χ4n) is 5.13. The molecule has 2 heterocycles. The first-order valence-corrected chi connectivity index (χ1v) is 14.3. The number of rotatable bonds is 11. The van der Waals surface area contributed by atoms with Gasteiger partial charge < -0.3 is 47.9 Å². The number of amides is 2. The zero-order valence-corrected chi connectivity index (χ0v) is 30.2. The van der Waals surface area contributed by atoms with E-state index in [1.807, 2.05) is 79.4 Å². The Morgan fingerprint density at radius 3 is 1.53 bits per heavy atom. The minimum atomic E-state index is -0.224. The van der Waals surface area contributed by atoms with Gasteiger partial charge in [0.15, 0.2) is 5.78 Å². The predicted octanol–water partition coefficient (Wildman–Crippen LogP) is 0.850. The minimum absolute atomic E-state index is 0. The van der Waals surface area contributed by atoms with Crippen LogP contribution in [0, 0.1) is 18.4 Å². The first-order chi connectivity index (χ1) is 20.8. The molecule has 1 N–H and O–H groups in total. The van der Waals surface area contributed by atoms with Crippen LogP contribution in [0.5, 0.6) is 0 Å². The molecule has 0 spiro atoms. The molecule has 2 aromatic rings. The maximum absolute atomic E-state index is 12.1. The number of nitrogens with zero attached hydrogens (tertiary/aromatic N) is 2. The molecule has 244 valence electrons. The Balaban J connectivity index is 0. The maximum atomic E-state index is 12.1. The van der Waals surface area contributed by atoms with E-state index in [9.17, 15) is 19.2 Å². The zero-order chi connectivity index (χ0) is 32.4. The van der Waals surface area contributed by atoms with Crippen molar-refractivity contribution >= 4 is 46.4 Å². The molecule has 0 unspecified atom stereocenters. The molecule has 45 heavy (non-hydrogen) atoms. The van der Waals surface area contributed by atoms with Crippen LogP contribution in [-0.2, 0) is 28.7 Å². The third-order valence-corrected chi connectivity index (χ3v) is 7.57. The van der Waals surface area contributed by atoms with Gasteiger partial charge in [0.05, 0.1) is 18.7 Å². The van der Waals surface area contributed by atoms with E-state index in [2.05, 4.69) is 13.2 Å². The van der Waals surface area contributed by atoms with Gasteiger partial charge in [0.25, 0.3) is 0 Å². The number of methoxy groups -OCH3 is 2. The SMILES string of the molecule is CO.COCC(=O)[C@@H]1CC(=O)N([C@H](C)c2ccccc2)C1.COCCC(=O)[C@@H]1CC(=O)N([C@H](C)c2ccccc2)C1.[Br-].[CH-]=C.[Mg+2]. The van der Waals surface area contributed by atoms with Crippen LogP contribution in [0.3, 0.4) is 0 Å². The van der Waals surface area contributed by atoms with Gasteiger partial charge in [0.1, 0.15) is 12.4 Å². The number of benzene rings is 2. The Kier molecular flexibility index (Phi) is 24.6. The van der Waals surface area contributed by atoms with Crippen LogP contribution < -0.4 is 17.0 Å². The normalized spacial score (nSPS) is 17.9. The van der Waals surface area contributed by atoms with E-state index in [4.69, 9.17) is 14.6 Å². The Morgan fingerprint density at radius 2 is 1.18 bits per heavy atom. The maximum Gasteiger partial charge on any atom is 2.00 e.